The molecule has 1 atom stereocenters. The third-order valence-corrected chi connectivity index (χ3v) is 4.14. The molecule has 1 unspecified atom stereocenters. The SMILES string of the molecule is COc1cccc(C(CNC(=O)/C=C/c2ccc(I)o2)N(C)C)c1. The molecule has 24 heavy (non-hydrogen) atoms. The van der Waals surface area contributed by atoms with Gasteiger partial charge in [0, 0.05) is 12.6 Å². The van der Waals surface area contributed by atoms with Crippen molar-refractivity contribution < 1.29 is 13.9 Å². The fourth-order valence-electron chi connectivity index (χ4n) is 2.28. The fourth-order valence-corrected chi connectivity index (χ4v) is 2.71. The maximum absolute atomic E-state index is 12.0. The van der Waals surface area contributed by atoms with Gasteiger partial charge < -0.3 is 19.4 Å². The van der Waals surface area contributed by atoms with Crippen LogP contribution in [0.1, 0.15) is 17.4 Å². The summed E-state index contributed by atoms with van der Waals surface area (Å²) in [5.74, 6) is 1.31. The molecular formula is C18H21IN2O3. The molecule has 1 heterocycles. The first-order chi connectivity index (χ1) is 11.5. The minimum Gasteiger partial charge on any atom is -0.497 e. The maximum Gasteiger partial charge on any atom is 0.244 e. The molecule has 0 fully saturated rings. The Morgan fingerprint density at radius 3 is 2.79 bits per heavy atom. The van der Waals surface area contributed by atoms with Crippen molar-refractivity contribution in [1.82, 2.24) is 10.2 Å². The Labute approximate surface area is 155 Å². The van der Waals surface area contributed by atoms with Gasteiger partial charge in [0.25, 0.3) is 0 Å². The van der Waals surface area contributed by atoms with E-state index in [1.54, 1.807) is 13.2 Å². The highest BCUT2D eigenvalue weighted by Crippen LogP contribution is 2.22. The highest BCUT2D eigenvalue weighted by molar-refractivity contribution is 14.1. The zero-order valence-electron chi connectivity index (χ0n) is 14.0. The van der Waals surface area contributed by atoms with Crippen LogP contribution in [0.3, 0.4) is 0 Å². The molecule has 0 aliphatic carbocycles. The van der Waals surface area contributed by atoms with Gasteiger partial charge in [0.05, 0.1) is 13.2 Å². The number of carbonyl (C=O) groups is 1. The van der Waals surface area contributed by atoms with Crippen molar-refractivity contribution in [3.8, 4) is 5.75 Å². The van der Waals surface area contributed by atoms with Crippen molar-refractivity contribution >= 4 is 34.6 Å². The fraction of sp³-hybridized carbons (Fsp3) is 0.278. The van der Waals surface area contributed by atoms with E-state index in [0.717, 1.165) is 15.1 Å². The van der Waals surface area contributed by atoms with E-state index in [4.69, 9.17) is 9.15 Å². The summed E-state index contributed by atoms with van der Waals surface area (Å²) >= 11 is 2.09. The van der Waals surface area contributed by atoms with Crippen LogP contribution in [0.5, 0.6) is 5.75 Å². The van der Waals surface area contributed by atoms with Gasteiger partial charge in [0.2, 0.25) is 5.91 Å². The third kappa shape index (κ3) is 5.38. The average Bonchev–Trinajstić information content (AvgIpc) is 2.98. The van der Waals surface area contributed by atoms with Gasteiger partial charge in [-0.1, -0.05) is 12.1 Å². The largest absolute Gasteiger partial charge is 0.497 e. The Morgan fingerprint density at radius 2 is 2.17 bits per heavy atom. The van der Waals surface area contributed by atoms with Crippen LogP contribution in [-0.4, -0.2) is 38.6 Å². The van der Waals surface area contributed by atoms with Gasteiger partial charge >= 0.3 is 0 Å². The molecule has 0 saturated carbocycles. The smallest absolute Gasteiger partial charge is 0.244 e. The summed E-state index contributed by atoms with van der Waals surface area (Å²) in [5, 5.41) is 2.93. The number of methoxy groups -OCH3 is 1. The summed E-state index contributed by atoms with van der Waals surface area (Å²) in [4.78, 5) is 14.1. The number of likely N-dealkylation sites (N-methyl/N-ethyl adjacent to an activating group) is 1. The topological polar surface area (TPSA) is 54.7 Å². The number of carbonyl (C=O) groups excluding carboxylic acids is 1. The lowest BCUT2D eigenvalue weighted by Crippen LogP contribution is -2.33. The molecule has 6 heteroatoms. The number of amides is 1. The summed E-state index contributed by atoms with van der Waals surface area (Å²) < 4.78 is 11.5. The summed E-state index contributed by atoms with van der Waals surface area (Å²) in [7, 11) is 5.61. The highest BCUT2D eigenvalue weighted by Gasteiger charge is 2.15. The van der Waals surface area contributed by atoms with Gasteiger partial charge in [-0.3, -0.25) is 4.79 Å². The van der Waals surface area contributed by atoms with Gasteiger partial charge in [-0.25, -0.2) is 0 Å². The maximum atomic E-state index is 12.0. The molecule has 0 radical (unpaired) electrons. The molecule has 0 aliphatic heterocycles. The standard InChI is InChI=1S/C18H21IN2O3/c1-21(2)16(13-5-4-6-15(11-13)23-3)12-20-18(22)10-8-14-7-9-17(19)24-14/h4-11,16H,12H2,1-3H3,(H,20,22)/b10-8+. The monoisotopic (exact) mass is 440 g/mol. The Morgan fingerprint density at radius 1 is 1.38 bits per heavy atom. The lowest BCUT2D eigenvalue weighted by atomic mass is 10.1. The van der Waals surface area contributed by atoms with E-state index in [2.05, 4.69) is 32.8 Å². The minimum absolute atomic E-state index is 0.0574. The van der Waals surface area contributed by atoms with Crippen molar-refractivity contribution in [3.05, 3.63) is 57.6 Å². The lowest BCUT2D eigenvalue weighted by molar-refractivity contribution is -0.116. The summed E-state index contributed by atoms with van der Waals surface area (Å²) in [6.45, 7) is 0.499. The Balaban J connectivity index is 1.98. The van der Waals surface area contributed by atoms with Gasteiger partial charge in [-0.15, -0.1) is 0 Å². The van der Waals surface area contributed by atoms with Gasteiger partial charge in [-0.05, 0) is 72.6 Å². The van der Waals surface area contributed by atoms with E-state index >= 15 is 0 Å². The predicted molar refractivity (Wildman–Crippen MR) is 103 cm³/mol. The van der Waals surface area contributed by atoms with Crippen LogP contribution in [-0.2, 0) is 4.79 Å². The molecule has 1 amide bonds. The third-order valence-electron chi connectivity index (χ3n) is 3.56. The van der Waals surface area contributed by atoms with Crippen molar-refractivity contribution in [2.24, 2.45) is 0 Å². The Bertz CT molecular complexity index is 710. The Kier molecular flexibility index (Phi) is 6.86. The molecule has 0 aliphatic rings. The lowest BCUT2D eigenvalue weighted by Gasteiger charge is -2.25. The first kappa shape index (κ1) is 18.5. The number of nitrogens with zero attached hydrogens (tertiary/aromatic N) is 1. The summed E-state index contributed by atoms with van der Waals surface area (Å²) in [6, 6.07) is 11.6. The van der Waals surface area contributed by atoms with E-state index < -0.39 is 0 Å². The van der Waals surface area contributed by atoms with E-state index in [0.29, 0.717) is 12.3 Å². The number of rotatable bonds is 7. The van der Waals surface area contributed by atoms with Crippen molar-refractivity contribution in [1.29, 1.82) is 0 Å². The normalized spacial score (nSPS) is 12.5. The van der Waals surface area contributed by atoms with E-state index in [9.17, 15) is 4.79 Å². The van der Waals surface area contributed by atoms with Gasteiger partial charge in [0.15, 0.2) is 3.77 Å². The molecule has 1 aromatic heterocycles. The van der Waals surface area contributed by atoms with Crippen LogP contribution in [0.15, 0.2) is 46.9 Å². The summed E-state index contributed by atoms with van der Waals surface area (Å²) in [5.41, 5.74) is 1.09. The van der Waals surface area contributed by atoms with Gasteiger partial charge in [-0.2, -0.15) is 0 Å². The number of hydrogen-bond donors (Lipinski definition) is 1. The van der Waals surface area contributed by atoms with Crippen molar-refractivity contribution in [2.75, 3.05) is 27.7 Å². The number of benzene rings is 1. The molecule has 1 N–H and O–H groups in total. The van der Waals surface area contributed by atoms with Crippen LogP contribution in [0, 0.1) is 3.77 Å². The number of hydrogen-bond acceptors (Lipinski definition) is 4. The molecule has 0 bridgehead atoms. The molecule has 128 valence electrons. The summed E-state index contributed by atoms with van der Waals surface area (Å²) in [6.07, 6.45) is 3.14. The molecule has 0 saturated heterocycles. The molecule has 0 spiro atoms. The zero-order valence-corrected chi connectivity index (χ0v) is 16.1. The second-order valence-corrected chi connectivity index (χ2v) is 6.54. The van der Waals surface area contributed by atoms with Crippen molar-refractivity contribution in [3.63, 3.8) is 0 Å². The van der Waals surface area contributed by atoms with E-state index in [1.807, 2.05) is 50.5 Å². The van der Waals surface area contributed by atoms with Crippen LogP contribution in [0.4, 0.5) is 0 Å². The number of ether oxygens (including phenoxy) is 1. The molecular weight excluding hydrogens is 419 g/mol. The number of halogens is 1. The van der Waals surface area contributed by atoms with Crippen LogP contribution < -0.4 is 10.1 Å². The molecule has 5 nitrogen and oxygen atoms in total. The molecule has 1 aromatic carbocycles. The molecule has 2 aromatic rings. The van der Waals surface area contributed by atoms with Crippen molar-refractivity contribution in [2.45, 2.75) is 6.04 Å². The second kappa shape index (κ2) is 8.89. The predicted octanol–water partition coefficient (Wildman–Crippen LogP) is 3.33. The average molecular weight is 440 g/mol. The zero-order chi connectivity index (χ0) is 17.5. The van der Waals surface area contributed by atoms with Crippen LogP contribution >= 0.6 is 22.6 Å². The van der Waals surface area contributed by atoms with E-state index in [1.165, 1.54) is 6.08 Å². The highest BCUT2D eigenvalue weighted by atomic mass is 127. The first-order valence-electron chi connectivity index (χ1n) is 7.51. The first-order valence-corrected chi connectivity index (χ1v) is 8.59. The van der Waals surface area contributed by atoms with E-state index in [-0.39, 0.29) is 11.9 Å². The quantitative estimate of drug-likeness (QED) is 0.530. The molecule has 2 rings (SSSR count). The number of furan rings is 1. The van der Waals surface area contributed by atoms with Gasteiger partial charge in [0.1, 0.15) is 11.5 Å². The minimum atomic E-state index is -0.156. The number of nitrogens with one attached hydrogen (secondary N) is 1. The second-order valence-electron chi connectivity index (χ2n) is 5.48. The Hall–Kier alpha value is -1.80. The van der Waals surface area contributed by atoms with Crippen LogP contribution in [0.2, 0.25) is 0 Å². The van der Waals surface area contributed by atoms with Crippen LogP contribution in [0.25, 0.3) is 6.08 Å².